The fourth-order valence-electron chi connectivity index (χ4n) is 2.81. The van der Waals surface area contributed by atoms with Gasteiger partial charge in [0.2, 0.25) is 0 Å². The maximum absolute atomic E-state index is 12.3. The van der Waals surface area contributed by atoms with E-state index in [9.17, 15) is 14.4 Å². The number of rotatable bonds is 7. The monoisotopic (exact) mass is 479 g/mol. The number of amides is 3. The maximum Gasteiger partial charge on any atom is 0.255 e. The van der Waals surface area contributed by atoms with Crippen LogP contribution in [0.25, 0.3) is 0 Å². The van der Waals surface area contributed by atoms with Crippen LogP contribution in [0.1, 0.15) is 36.6 Å². The molecule has 3 rings (SSSR count). The Morgan fingerprint density at radius 1 is 0.710 bits per heavy atom. The van der Waals surface area contributed by atoms with Gasteiger partial charge in [0.25, 0.3) is 17.7 Å². The molecule has 7 heteroatoms. The van der Waals surface area contributed by atoms with E-state index in [1.54, 1.807) is 54.6 Å². The lowest BCUT2D eigenvalue weighted by Gasteiger charge is -2.09. The van der Waals surface area contributed by atoms with Crippen LogP contribution in [0.5, 0.6) is 0 Å². The Morgan fingerprint density at radius 2 is 1.26 bits per heavy atom. The number of carbonyl (C=O) groups excluding carboxylic acids is 3. The van der Waals surface area contributed by atoms with Crippen molar-refractivity contribution in [2.24, 2.45) is 0 Å². The highest BCUT2D eigenvalue weighted by Gasteiger charge is 2.10. The molecule has 31 heavy (non-hydrogen) atoms. The lowest BCUT2D eigenvalue weighted by Crippen LogP contribution is -2.34. The second-order valence-corrected chi connectivity index (χ2v) is 7.74. The predicted molar refractivity (Wildman–Crippen MR) is 124 cm³/mol. The van der Waals surface area contributed by atoms with Crippen LogP contribution in [-0.4, -0.2) is 30.8 Å². The van der Waals surface area contributed by atoms with Gasteiger partial charge in [-0.25, -0.2) is 0 Å². The third-order valence-corrected chi connectivity index (χ3v) is 5.22. The van der Waals surface area contributed by atoms with Crippen LogP contribution in [0.15, 0.2) is 77.3 Å². The fraction of sp³-hybridized carbons (Fsp3) is 0.125. The molecule has 0 atom stereocenters. The Balaban J connectivity index is 1.45. The normalized spacial score (nSPS) is 10.3. The van der Waals surface area contributed by atoms with Crippen molar-refractivity contribution in [3.05, 3.63) is 99.5 Å². The van der Waals surface area contributed by atoms with Gasteiger partial charge in [0.15, 0.2) is 0 Å². The molecule has 0 aliphatic heterocycles. The topological polar surface area (TPSA) is 87.3 Å². The van der Waals surface area contributed by atoms with Crippen LogP contribution in [-0.2, 0) is 0 Å². The number of benzene rings is 3. The Bertz CT molecular complexity index is 1080. The zero-order valence-electron chi connectivity index (χ0n) is 16.9. The van der Waals surface area contributed by atoms with Crippen LogP contribution in [0, 0.1) is 6.92 Å². The molecular formula is C24H22BrN3O3. The van der Waals surface area contributed by atoms with Crippen molar-refractivity contribution in [2.45, 2.75) is 6.92 Å². The van der Waals surface area contributed by atoms with E-state index < -0.39 is 0 Å². The van der Waals surface area contributed by atoms with Crippen LogP contribution >= 0.6 is 15.9 Å². The highest BCUT2D eigenvalue weighted by Crippen LogP contribution is 2.15. The molecule has 0 unspecified atom stereocenters. The molecule has 3 aromatic rings. The molecule has 0 saturated carbocycles. The van der Waals surface area contributed by atoms with E-state index in [1.807, 2.05) is 25.1 Å². The summed E-state index contributed by atoms with van der Waals surface area (Å²) in [6, 6.07) is 21.1. The fourth-order valence-corrected chi connectivity index (χ4v) is 3.27. The first-order valence-corrected chi connectivity index (χ1v) is 10.5. The van der Waals surface area contributed by atoms with Crippen molar-refractivity contribution in [3.63, 3.8) is 0 Å². The Hall–Kier alpha value is -3.45. The number of anilines is 1. The van der Waals surface area contributed by atoms with Crippen molar-refractivity contribution < 1.29 is 14.4 Å². The van der Waals surface area contributed by atoms with Gasteiger partial charge in [-0.05, 0) is 71.4 Å². The molecule has 0 aliphatic rings. The van der Waals surface area contributed by atoms with E-state index in [2.05, 4.69) is 31.9 Å². The first-order chi connectivity index (χ1) is 14.9. The third kappa shape index (κ3) is 6.26. The summed E-state index contributed by atoms with van der Waals surface area (Å²) in [6.07, 6.45) is 0. The van der Waals surface area contributed by atoms with E-state index >= 15 is 0 Å². The molecule has 0 spiro atoms. The first-order valence-electron chi connectivity index (χ1n) is 9.73. The molecule has 6 nitrogen and oxygen atoms in total. The smallest absolute Gasteiger partial charge is 0.255 e. The Labute approximate surface area is 189 Å². The minimum Gasteiger partial charge on any atom is -0.350 e. The summed E-state index contributed by atoms with van der Waals surface area (Å²) in [6.45, 7) is 2.55. The molecule has 0 heterocycles. The minimum atomic E-state index is -0.258. The van der Waals surface area contributed by atoms with Crippen LogP contribution in [0.3, 0.4) is 0 Å². The molecule has 0 fully saturated rings. The molecule has 0 saturated heterocycles. The largest absolute Gasteiger partial charge is 0.350 e. The van der Waals surface area contributed by atoms with Gasteiger partial charge in [0.05, 0.1) is 5.56 Å². The second kappa shape index (κ2) is 10.5. The summed E-state index contributed by atoms with van der Waals surface area (Å²) in [7, 11) is 0. The molecule has 0 aliphatic carbocycles. The first kappa shape index (κ1) is 22.2. The SMILES string of the molecule is Cc1ccc(C(=O)Nc2ccc(C(=O)NCCNC(=O)c3ccccc3Br)cc2)cc1. The summed E-state index contributed by atoms with van der Waals surface area (Å²) in [5.74, 6) is -0.681. The molecular weight excluding hydrogens is 458 g/mol. The van der Waals surface area contributed by atoms with Crippen molar-refractivity contribution in [1.29, 1.82) is 0 Å². The molecule has 3 amide bonds. The Morgan fingerprint density at radius 3 is 1.90 bits per heavy atom. The van der Waals surface area contributed by atoms with Gasteiger partial charge in [-0.2, -0.15) is 0 Å². The van der Waals surface area contributed by atoms with E-state index in [4.69, 9.17) is 0 Å². The number of hydrogen-bond acceptors (Lipinski definition) is 3. The molecule has 158 valence electrons. The molecule has 3 aromatic carbocycles. The number of aryl methyl sites for hydroxylation is 1. The molecule has 3 N–H and O–H groups in total. The van der Waals surface area contributed by atoms with Crippen LogP contribution < -0.4 is 16.0 Å². The lowest BCUT2D eigenvalue weighted by molar-refractivity contribution is 0.0927. The summed E-state index contributed by atoms with van der Waals surface area (Å²) < 4.78 is 0.714. The summed E-state index contributed by atoms with van der Waals surface area (Å²) >= 11 is 3.34. The molecule has 0 radical (unpaired) electrons. The van der Waals surface area contributed by atoms with Gasteiger partial charge < -0.3 is 16.0 Å². The number of nitrogens with one attached hydrogen (secondary N) is 3. The van der Waals surface area contributed by atoms with E-state index in [0.29, 0.717) is 39.9 Å². The number of carbonyl (C=O) groups is 3. The van der Waals surface area contributed by atoms with Crippen LogP contribution in [0.2, 0.25) is 0 Å². The van der Waals surface area contributed by atoms with Crippen LogP contribution in [0.4, 0.5) is 5.69 Å². The second-order valence-electron chi connectivity index (χ2n) is 6.89. The quantitative estimate of drug-likeness (QED) is 0.444. The summed E-state index contributed by atoms with van der Waals surface area (Å²) in [5.41, 5.74) is 3.25. The van der Waals surface area contributed by atoms with Crippen molar-refractivity contribution >= 4 is 39.3 Å². The standard InChI is InChI=1S/C24H22BrN3O3/c1-16-6-8-18(9-7-16)23(30)28-19-12-10-17(11-13-19)22(29)26-14-15-27-24(31)20-4-2-3-5-21(20)25/h2-13H,14-15H2,1H3,(H,26,29)(H,27,31)(H,28,30). The third-order valence-electron chi connectivity index (χ3n) is 4.53. The van der Waals surface area contributed by atoms with Crippen molar-refractivity contribution in [3.8, 4) is 0 Å². The zero-order chi connectivity index (χ0) is 22.2. The van der Waals surface area contributed by atoms with Gasteiger partial charge in [-0.15, -0.1) is 0 Å². The average Bonchev–Trinajstić information content (AvgIpc) is 2.77. The van der Waals surface area contributed by atoms with Crippen molar-refractivity contribution in [2.75, 3.05) is 18.4 Å². The number of hydrogen-bond donors (Lipinski definition) is 3. The van der Waals surface area contributed by atoms with Crippen molar-refractivity contribution in [1.82, 2.24) is 10.6 Å². The maximum atomic E-state index is 12.3. The van der Waals surface area contributed by atoms with E-state index in [-0.39, 0.29) is 17.7 Å². The highest BCUT2D eigenvalue weighted by atomic mass is 79.9. The zero-order valence-corrected chi connectivity index (χ0v) is 18.5. The van der Waals surface area contributed by atoms with Gasteiger partial charge in [-0.3, -0.25) is 14.4 Å². The van der Waals surface area contributed by atoms with E-state index in [1.165, 1.54) is 0 Å². The summed E-state index contributed by atoms with van der Waals surface area (Å²) in [4.78, 5) is 36.7. The Kier molecular flexibility index (Phi) is 7.56. The predicted octanol–water partition coefficient (Wildman–Crippen LogP) is 4.17. The molecule has 0 aromatic heterocycles. The van der Waals surface area contributed by atoms with Gasteiger partial charge in [-0.1, -0.05) is 29.8 Å². The summed E-state index contributed by atoms with van der Waals surface area (Å²) in [5, 5.41) is 8.33. The van der Waals surface area contributed by atoms with Gasteiger partial charge >= 0.3 is 0 Å². The van der Waals surface area contributed by atoms with E-state index in [0.717, 1.165) is 5.56 Å². The lowest BCUT2D eigenvalue weighted by atomic mass is 10.1. The number of halogens is 1. The minimum absolute atomic E-state index is 0.210. The average molecular weight is 480 g/mol. The highest BCUT2D eigenvalue weighted by molar-refractivity contribution is 9.10. The molecule has 0 bridgehead atoms. The van der Waals surface area contributed by atoms with Gasteiger partial charge in [0, 0.05) is 34.4 Å². The van der Waals surface area contributed by atoms with Gasteiger partial charge in [0.1, 0.15) is 0 Å².